The molecule has 21 heavy (non-hydrogen) atoms. The van der Waals surface area contributed by atoms with Gasteiger partial charge in [0.25, 0.3) is 0 Å². The maximum atomic E-state index is 11.8. The van der Waals surface area contributed by atoms with Gasteiger partial charge in [-0.15, -0.1) is 0 Å². The molecule has 1 amide bonds. The third-order valence-electron chi connectivity index (χ3n) is 3.08. The maximum absolute atomic E-state index is 11.8. The number of carboxylic acids is 1. The van der Waals surface area contributed by atoms with Crippen molar-refractivity contribution in [3.8, 4) is 0 Å². The Bertz CT molecular complexity index is 632. The molecule has 2 rings (SSSR count). The molecule has 0 atom stereocenters. The molecule has 1 heterocycles. The highest BCUT2D eigenvalue weighted by atomic mass is 16.4. The van der Waals surface area contributed by atoms with Gasteiger partial charge in [-0.2, -0.15) is 5.10 Å². The van der Waals surface area contributed by atoms with Gasteiger partial charge in [0.1, 0.15) is 0 Å². The number of hydrogen-bond acceptors (Lipinski definition) is 3. The number of aryl methyl sites for hydroxylation is 2. The Balaban J connectivity index is 1.84. The first kappa shape index (κ1) is 14.8. The van der Waals surface area contributed by atoms with Crippen LogP contribution in [0.25, 0.3) is 0 Å². The minimum Gasteiger partial charge on any atom is -0.478 e. The molecule has 0 aliphatic rings. The van der Waals surface area contributed by atoms with Crippen LogP contribution in [0.2, 0.25) is 0 Å². The summed E-state index contributed by atoms with van der Waals surface area (Å²) in [6, 6.07) is 6.54. The topological polar surface area (TPSA) is 84.2 Å². The number of carbonyl (C=O) groups excluding carboxylic acids is 1. The van der Waals surface area contributed by atoms with Crippen molar-refractivity contribution in [1.82, 2.24) is 9.78 Å². The van der Waals surface area contributed by atoms with E-state index in [1.54, 1.807) is 41.3 Å². The van der Waals surface area contributed by atoms with Crippen molar-refractivity contribution in [2.24, 2.45) is 0 Å². The van der Waals surface area contributed by atoms with E-state index in [2.05, 4.69) is 10.4 Å². The van der Waals surface area contributed by atoms with E-state index < -0.39 is 5.97 Å². The Morgan fingerprint density at radius 1 is 1.29 bits per heavy atom. The molecule has 0 aliphatic heterocycles. The van der Waals surface area contributed by atoms with Gasteiger partial charge in [0.15, 0.2) is 0 Å². The van der Waals surface area contributed by atoms with Crippen molar-refractivity contribution in [2.75, 3.05) is 5.32 Å². The number of aromatic nitrogens is 2. The molecule has 6 nitrogen and oxygen atoms in total. The standard InChI is InChI=1S/C15H17N3O3/c1-2-18-10-13(9-16-18)17-14(19)8-5-11-3-6-12(7-4-11)15(20)21/h3-4,6-7,9-10H,2,5,8H2,1H3,(H,17,19)(H,20,21). The molecule has 0 radical (unpaired) electrons. The smallest absolute Gasteiger partial charge is 0.335 e. The molecule has 1 aromatic heterocycles. The summed E-state index contributed by atoms with van der Waals surface area (Å²) in [6.07, 6.45) is 4.29. The van der Waals surface area contributed by atoms with Crippen LogP contribution in [0.1, 0.15) is 29.3 Å². The Morgan fingerprint density at radius 2 is 2.00 bits per heavy atom. The summed E-state index contributed by atoms with van der Waals surface area (Å²) < 4.78 is 1.74. The lowest BCUT2D eigenvalue weighted by Crippen LogP contribution is -2.12. The Kier molecular flexibility index (Phi) is 4.71. The highest BCUT2D eigenvalue weighted by molar-refractivity contribution is 5.90. The normalized spacial score (nSPS) is 10.3. The van der Waals surface area contributed by atoms with Crippen LogP contribution in [0.3, 0.4) is 0 Å². The zero-order valence-electron chi connectivity index (χ0n) is 11.7. The van der Waals surface area contributed by atoms with Crippen molar-refractivity contribution >= 4 is 17.6 Å². The van der Waals surface area contributed by atoms with Crippen molar-refractivity contribution in [3.05, 3.63) is 47.8 Å². The molecule has 0 saturated heterocycles. The van der Waals surface area contributed by atoms with Gasteiger partial charge in [-0.1, -0.05) is 12.1 Å². The Morgan fingerprint density at radius 3 is 2.57 bits per heavy atom. The summed E-state index contributed by atoms with van der Waals surface area (Å²) in [4.78, 5) is 22.6. The Hall–Kier alpha value is -2.63. The number of rotatable bonds is 6. The lowest BCUT2D eigenvalue weighted by Gasteiger charge is -2.03. The SMILES string of the molecule is CCn1cc(NC(=O)CCc2ccc(C(=O)O)cc2)cn1. The third kappa shape index (κ3) is 4.17. The van der Waals surface area contributed by atoms with Crippen LogP contribution >= 0.6 is 0 Å². The number of amides is 1. The van der Waals surface area contributed by atoms with Crippen molar-refractivity contribution in [3.63, 3.8) is 0 Å². The van der Waals surface area contributed by atoms with Crippen molar-refractivity contribution in [1.29, 1.82) is 0 Å². The van der Waals surface area contributed by atoms with E-state index in [4.69, 9.17) is 5.11 Å². The fourth-order valence-corrected chi connectivity index (χ4v) is 1.90. The zero-order valence-corrected chi connectivity index (χ0v) is 11.7. The number of benzene rings is 1. The molecule has 0 spiro atoms. The molecular weight excluding hydrogens is 270 g/mol. The van der Waals surface area contributed by atoms with E-state index in [1.807, 2.05) is 6.92 Å². The lowest BCUT2D eigenvalue weighted by molar-refractivity contribution is -0.116. The summed E-state index contributed by atoms with van der Waals surface area (Å²) in [7, 11) is 0. The van der Waals surface area contributed by atoms with Gasteiger partial charge < -0.3 is 10.4 Å². The minimum absolute atomic E-state index is 0.0898. The first-order chi connectivity index (χ1) is 10.1. The third-order valence-corrected chi connectivity index (χ3v) is 3.08. The molecule has 0 bridgehead atoms. The molecule has 2 N–H and O–H groups in total. The number of carboxylic acid groups (broad SMARTS) is 1. The van der Waals surface area contributed by atoms with Gasteiger partial charge in [-0.05, 0) is 31.0 Å². The van der Waals surface area contributed by atoms with Crippen LogP contribution in [0.15, 0.2) is 36.7 Å². The highest BCUT2D eigenvalue weighted by Crippen LogP contribution is 2.09. The molecule has 110 valence electrons. The minimum atomic E-state index is -0.952. The van der Waals surface area contributed by atoms with E-state index >= 15 is 0 Å². The van der Waals surface area contributed by atoms with Crippen LogP contribution in [-0.2, 0) is 17.8 Å². The quantitative estimate of drug-likeness (QED) is 0.852. The van der Waals surface area contributed by atoms with Crippen LogP contribution in [0, 0.1) is 0 Å². The van der Waals surface area contributed by atoms with E-state index in [0.29, 0.717) is 18.5 Å². The van der Waals surface area contributed by atoms with Crippen molar-refractivity contribution in [2.45, 2.75) is 26.3 Å². The summed E-state index contributed by atoms with van der Waals surface area (Å²) in [5, 5.41) is 15.7. The second-order valence-corrected chi connectivity index (χ2v) is 4.63. The number of carbonyl (C=O) groups is 2. The molecule has 2 aromatic rings. The van der Waals surface area contributed by atoms with Crippen LogP contribution in [0.4, 0.5) is 5.69 Å². The van der Waals surface area contributed by atoms with Crippen LogP contribution in [0.5, 0.6) is 0 Å². The fourth-order valence-electron chi connectivity index (χ4n) is 1.90. The number of anilines is 1. The second-order valence-electron chi connectivity index (χ2n) is 4.63. The molecule has 6 heteroatoms. The van der Waals surface area contributed by atoms with Gasteiger partial charge >= 0.3 is 5.97 Å². The van der Waals surface area contributed by atoms with Crippen LogP contribution < -0.4 is 5.32 Å². The maximum Gasteiger partial charge on any atom is 0.335 e. The van der Waals surface area contributed by atoms with Gasteiger partial charge in [0, 0.05) is 19.2 Å². The first-order valence-corrected chi connectivity index (χ1v) is 6.73. The van der Waals surface area contributed by atoms with Crippen LogP contribution in [-0.4, -0.2) is 26.8 Å². The number of hydrogen-bond donors (Lipinski definition) is 2. The van der Waals surface area contributed by atoms with E-state index in [-0.39, 0.29) is 11.5 Å². The average Bonchev–Trinajstić information content (AvgIpc) is 2.93. The summed E-state index contributed by atoms with van der Waals surface area (Å²) >= 11 is 0. The molecule has 0 unspecified atom stereocenters. The monoisotopic (exact) mass is 287 g/mol. The van der Waals surface area contributed by atoms with Gasteiger partial charge in [-0.25, -0.2) is 4.79 Å². The first-order valence-electron chi connectivity index (χ1n) is 6.73. The largest absolute Gasteiger partial charge is 0.478 e. The lowest BCUT2D eigenvalue weighted by atomic mass is 10.1. The summed E-state index contributed by atoms with van der Waals surface area (Å²) in [5.41, 5.74) is 1.86. The van der Waals surface area contributed by atoms with E-state index in [0.717, 1.165) is 12.1 Å². The molecule has 0 aliphatic carbocycles. The number of aromatic carboxylic acids is 1. The average molecular weight is 287 g/mol. The molecular formula is C15H17N3O3. The summed E-state index contributed by atoms with van der Waals surface area (Å²) in [6.45, 7) is 2.73. The highest BCUT2D eigenvalue weighted by Gasteiger charge is 2.06. The predicted octanol–water partition coefficient (Wildman–Crippen LogP) is 2.17. The zero-order chi connectivity index (χ0) is 15.2. The summed E-state index contributed by atoms with van der Waals surface area (Å²) in [5.74, 6) is -1.04. The van der Waals surface area contributed by atoms with E-state index in [9.17, 15) is 9.59 Å². The number of nitrogens with zero attached hydrogens (tertiary/aromatic N) is 2. The number of nitrogens with one attached hydrogen (secondary N) is 1. The van der Waals surface area contributed by atoms with Gasteiger partial charge in [0.05, 0.1) is 17.4 Å². The Labute approximate surface area is 122 Å². The van der Waals surface area contributed by atoms with E-state index in [1.165, 1.54) is 0 Å². The molecule has 0 saturated carbocycles. The van der Waals surface area contributed by atoms with Crippen molar-refractivity contribution < 1.29 is 14.7 Å². The second kappa shape index (κ2) is 6.69. The predicted molar refractivity (Wildman–Crippen MR) is 78.3 cm³/mol. The van der Waals surface area contributed by atoms with Gasteiger partial charge in [-0.3, -0.25) is 9.48 Å². The fraction of sp³-hybridized carbons (Fsp3) is 0.267. The molecule has 1 aromatic carbocycles. The van der Waals surface area contributed by atoms with Gasteiger partial charge in [0.2, 0.25) is 5.91 Å². The molecule has 0 fully saturated rings.